The average molecular weight is 235 g/mol. The van der Waals surface area contributed by atoms with Crippen molar-refractivity contribution >= 4 is 29.0 Å². The molecule has 0 heterocycles. The van der Waals surface area contributed by atoms with Gasteiger partial charge in [0, 0.05) is 0 Å². The van der Waals surface area contributed by atoms with Gasteiger partial charge in [0.25, 0.3) is 0 Å². The Hall–Kier alpha value is -1.12. The van der Waals surface area contributed by atoms with Gasteiger partial charge in [0.2, 0.25) is 10.0 Å². The van der Waals surface area contributed by atoms with E-state index in [2.05, 4.69) is 0 Å². The fraction of sp³-hybridized carbons (Fsp3) is 0.143. The fourth-order valence-electron chi connectivity index (χ4n) is 0.821. The van der Waals surface area contributed by atoms with E-state index >= 15 is 0 Å². The molecular formula is C7H11BFNO4S. The molecule has 0 saturated heterocycles. The van der Waals surface area contributed by atoms with Crippen LogP contribution in [0.3, 0.4) is 0 Å². The van der Waals surface area contributed by atoms with Crippen molar-refractivity contribution in [1.82, 2.24) is 0 Å². The molecule has 1 rings (SSSR count). The van der Waals surface area contributed by atoms with E-state index in [0.29, 0.717) is 5.46 Å². The lowest BCUT2D eigenvalue weighted by Crippen LogP contribution is -2.13. The zero-order chi connectivity index (χ0) is 10.1. The second-order valence-electron chi connectivity index (χ2n) is 2.61. The zero-order valence-corrected chi connectivity index (χ0v) is 8.73. The molecule has 0 amide bonds. The lowest BCUT2D eigenvalue weighted by molar-refractivity contribution is 0.604. The van der Waals surface area contributed by atoms with Crippen LogP contribution in [0.2, 0.25) is 0 Å². The molecule has 84 valence electrons. The molecular weight excluding hydrogens is 224 g/mol. The van der Waals surface area contributed by atoms with Crippen LogP contribution in [-0.2, 0) is 10.0 Å². The Bertz CT molecular complexity index is 423. The smallest absolute Gasteiger partial charge is 0.229 e. The molecule has 0 fully saturated rings. The van der Waals surface area contributed by atoms with Crippen LogP contribution in [0.15, 0.2) is 18.2 Å². The van der Waals surface area contributed by atoms with Gasteiger partial charge in [-0.3, -0.25) is 4.72 Å². The summed E-state index contributed by atoms with van der Waals surface area (Å²) in [6, 6.07) is 3.67. The number of benzene rings is 1. The second kappa shape index (κ2) is 5.69. The molecule has 0 aliphatic rings. The Morgan fingerprint density at radius 3 is 2.33 bits per heavy atom. The van der Waals surface area contributed by atoms with E-state index < -0.39 is 15.8 Å². The van der Waals surface area contributed by atoms with Crippen LogP contribution in [0.25, 0.3) is 0 Å². The standard InChI is InChI=1S/C7H7BFNO2S.2H2O/c1-13(11,12)10-7-4-5(8)2-3-6(7)9;;/h2-4,10H,1H3;2*1H2. The summed E-state index contributed by atoms with van der Waals surface area (Å²) >= 11 is 0. The quantitative estimate of drug-likeness (QED) is 0.619. The molecule has 0 bridgehead atoms. The minimum absolute atomic E-state index is 0. The molecule has 0 spiro atoms. The maximum atomic E-state index is 12.9. The molecule has 1 aromatic rings. The first-order valence-electron chi connectivity index (χ1n) is 3.41. The summed E-state index contributed by atoms with van der Waals surface area (Å²) in [5, 5.41) is 0. The molecule has 0 atom stereocenters. The van der Waals surface area contributed by atoms with E-state index in [1.807, 2.05) is 4.72 Å². The molecule has 2 radical (unpaired) electrons. The van der Waals surface area contributed by atoms with Crippen molar-refractivity contribution in [3.8, 4) is 0 Å². The third kappa shape index (κ3) is 5.35. The minimum atomic E-state index is -3.46. The predicted molar refractivity (Wildman–Crippen MR) is 57.5 cm³/mol. The zero-order valence-electron chi connectivity index (χ0n) is 7.91. The van der Waals surface area contributed by atoms with Crippen LogP contribution >= 0.6 is 0 Å². The van der Waals surface area contributed by atoms with Gasteiger partial charge in [0.1, 0.15) is 13.7 Å². The van der Waals surface area contributed by atoms with Crippen molar-refractivity contribution in [1.29, 1.82) is 0 Å². The van der Waals surface area contributed by atoms with Gasteiger partial charge >= 0.3 is 0 Å². The second-order valence-corrected chi connectivity index (χ2v) is 4.36. The molecule has 0 aliphatic carbocycles. The molecule has 0 unspecified atom stereocenters. The van der Waals surface area contributed by atoms with Crippen molar-refractivity contribution in [2.45, 2.75) is 0 Å². The van der Waals surface area contributed by atoms with E-state index in [4.69, 9.17) is 7.85 Å². The summed E-state index contributed by atoms with van der Waals surface area (Å²) < 4.78 is 36.4. The van der Waals surface area contributed by atoms with Crippen molar-refractivity contribution in [3.63, 3.8) is 0 Å². The third-order valence-corrected chi connectivity index (χ3v) is 1.88. The van der Waals surface area contributed by atoms with Gasteiger partial charge in [-0.2, -0.15) is 0 Å². The Morgan fingerprint density at radius 1 is 1.33 bits per heavy atom. The third-order valence-electron chi connectivity index (χ3n) is 1.29. The largest absolute Gasteiger partial charge is 0.412 e. The van der Waals surface area contributed by atoms with Gasteiger partial charge in [-0.15, -0.1) is 0 Å². The van der Waals surface area contributed by atoms with Gasteiger partial charge in [-0.05, 0) is 12.1 Å². The summed E-state index contributed by atoms with van der Waals surface area (Å²) in [4.78, 5) is 0. The highest BCUT2D eigenvalue weighted by Crippen LogP contribution is 2.11. The number of sulfonamides is 1. The maximum Gasteiger partial charge on any atom is 0.229 e. The van der Waals surface area contributed by atoms with Crippen molar-refractivity contribution in [3.05, 3.63) is 24.0 Å². The number of hydrogen-bond acceptors (Lipinski definition) is 2. The lowest BCUT2D eigenvalue weighted by atomic mass is 9.96. The summed E-state index contributed by atoms with van der Waals surface area (Å²) in [5.41, 5.74) is 0.162. The van der Waals surface area contributed by atoms with Gasteiger partial charge in [-0.25, -0.2) is 12.8 Å². The number of anilines is 1. The van der Waals surface area contributed by atoms with Crippen molar-refractivity contribution in [2.75, 3.05) is 11.0 Å². The molecule has 15 heavy (non-hydrogen) atoms. The highest BCUT2D eigenvalue weighted by molar-refractivity contribution is 7.92. The molecule has 5 N–H and O–H groups in total. The van der Waals surface area contributed by atoms with E-state index in [-0.39, 0.29) is 16.6 Å². The number of rotatable bonds is 2. The topological polar surface area (TPSA) is 109 Å². The summed E-state index contributed by atoms with van der Waals surface area (Å²) in [6.07, 6.45) is 0.940. The Labute approximate surface area is 88.4 Å². The van der Waals surface area contributed by atoms with Gasteiger partial charge in [0.15, 0.2) is 0 Å². The summed E-state index contributed by atoms with van der Waals surface area (Å²) in [6.45, 7) is 0. The van der Waals surface area contributed by atoms with Crippen molar-refractivity contribution < 1.29 is 23.8 Å². The van der Waals surface area contributed by atoms with E-state index in [1.54, 1.807) is 0 Å². The number of nitrogens with one attached hydrogen (secondary N) is 1. The van der Waals surface area contributed by atoms with Crippen LogP contribution in [0.5, 0.6) is 0 Å². The molecule has 8 heteroatoms. The highest BCUT2D eigenvalue weighted by Gasteiger charge is 2.06. The number of halogens is 1. The van der Waals surface area contributed by atoms with Crippen LogP contribution < -0.4 is 10.2 Å². The van der Waals surface area contributed by atoms with Crippen LogP contribution in [-0.4, -0.2) is 33.5 Å². The monoisotopic (exact) mass is 235 g/mol. The molecule has 1 aromatic carbocycles. The summed E-state index contributed by atoms with van der Waals surface area (Å²) in [5.74, 6) is -0.653. The Balaban J connectivity index is 0. The van der Waals surface area contributed by atoms with Crippen molar-refractivity contribution in [2.24, 2.45) is 0 Å². The first-order chi connectivity index (χ1) is 5.88. The normalized spacial score (nSPS) is 9.73. The molecule has 5 nitrogen and oxygen atoms in total. The van der Waals surface area contributed by atoms with Crippen LogP contribution in [0, 0.1) is 5.82 Å². The first kappa shape index (κ1) is 16.3. The van der Waals surface area contributed by atoms with E-state index in [9.17, 15) is 12.8 Å². The maximum absolute atomic E-state index is 12.9. The van der Waals surface area contributed by atoms with Gasteiger partial charge < -0.3 is 11.0 Å². The molecule has 0 aliphatic heterocycles. The Morgan fingerprint density at radius 2 is 1.87 bits per heavy atom. The highest BCUT2D eigenvalue weighted by atomic mass is 32.2. The van der Waals surface area contributed by atoms with Crippen LogP contribution in [0.4, 0.5) is 10.1 Å². The summed E-state index contributed by atoms with van der Waals surface area (Å²) in [7, 11) is 1.88. The SMILES string of the molecule is O.O.[B]c1ccc(F)c(NS(C)(=O)=O)c1. The van der Waals surface area contributed by atoms with Crippen LogP contribution in [0.1, 0.15) is 0 Å². The Kier molecular flexibility index (Phi) is 6.19. The van der Waals surface area contributed by atoms with Gasteiger partial charge in [0.05, 0.1) is 11.9 Å². The average Bonchev–Trinajstić information content (AvgIpc) is 1.94. The van der Waals surface area contributed by atoms with Gasteiger partial charge in [-0.1, -0.05) is 11.5 Å². The first-order valence-corrected chi connectivity index (χ1v) is 5.30. The fourth-order valence-corrected chi connectivity index (χ4v) is 1.38. The number of hydrogen-bond donors (Lipinski definition) is 1. The molecule has 0 aromatic heterocycles. The van der Waals surface area contributed by atoms with E-state index in [0.717, 1.165) is 12.3 Å². The predicted octanol–water partition coefficient (Wildman–Crippen LogP) is -1.66. The molecule has 0 saturated carbocycles. The lowest BCUT2D eigenvalue weighted by Gasteiger charge is -2.05. The minimum Gasteiger partial charge on any atom is -0.412 e. The van der Waals surface area contributed by atoms with E-state index in [1.165, 1.54) is 12.1 Å².